The lowest BCUT2D eigenvalue weighted by Crippen LogP contribution is -2.53. The largest absolute Gasteiger partial charge is 0.508 e. The Kier molecular flexibility index (Phi) is 10.9. The van der Waals surface area contributed by atoms with Crippen LogP contribution in [-0.2, 0) is 19.1 Å². The quantitative estimate of drug-likeness (QED) is 0.337. The molecule has 0 fully saturated rings. The van der Waals surface area contributed by atoms with Gasteiger partial charge in [0.2, 0.25) is 11.8 Å². The molecule has 4 amide bonds. The van der Waals surface area contributed by atoms with Gasteiger partial charge in [0.15, 0.2) is 0 Å². The van der Waals surface area contributed by atoms with Crippen LogP contribution >= 0.6 is 0 Å². The first-order chi connectivity index (χ1) is 18.2. The minimum atomic E-state index is -1.36. The highest BCUT2D eigenvalue weighted by Gasteiger charge is 2.37. The third-order valence-corrected chi connectivity index (χ3v) is 5.93. The molecule has 0 radical (unpaired) electrons. The first kappa shape index (κ1) is 31.1. The summed E-state index contributed by atoms with van der Waals surface area (Å²) in [5.74, 6) is -1.96. The number of carbonyl (C=O) groups is 4. The molecule has 212 valence electrons. The van der Waals surface area contributed by atoms with Gasteiger partial charge in [0.25, 0.3) is 5.91 Å². The highest BCUT2D eigenvalue weighted by molar-refractivity contribution is 6.00. The van der Waals surface area contributed by atoms with Gasteiger partial charge >= 0.3 is 6.09 Å². The number of phenolic OH excluding ortho intramolecular Hbond substituents is 1. The van der Waals surface area contributed by atoms with Crippen LogP contribution in [0.2, 0.25) is 0 Å². The summed E-state index contributed by atoms with van der Waals surface area (Å²) in [6, 6.07) is 9.08. The molecule has 2 atom stereocenters. The van der Waals surface area contributed by atoms with Crippen molar-refractivity contribution in [2.45, 2.75) is 78.5 Å². The van der Waals surface area contributed by atoms with Crippen LogP contribution in [0.25, 0.3) is 0 Å². The van der Waals surface area contributed by atoms with Crippen molar-refractivity contribution in [1.29, 1.82) is 0 Å². The van der Waals surface area contributed by atoms with Gasteiger partial charge in [0.1, 0.15) is 23.4 Å². The van der Waals surface area contributed by atoms with Crippen molar-refractivity contribution < 1.29 is 29.0 Å². The maximum Gasteiger partial charge on any atom is 0.408 e. The number of nitrogens with zero attached hydrogens (tertiary/aromatic N) is 1. The SMILES string of the molecule is CCCCN(C(=O)C(CC(N)=O)NC(=O)OC(C)(C)C)C(C(=O)Nc1c(C)cccc1C)c1ccc(O)cc1. The number of nitrogens with two attached hydrogens (primary N) is 1. The van der Waals surface area contributed by atoms with E-state index in [4.69, 9.17) is 10.5 Å². The Morgan fingerprint density at radius 3 is 2.13 bits per heavy atom. The molecule has 0 aromatic heterocycles. The molecule has 0 saturated carbocycles. The Hall–Kier alpha value is -4.08. The molecular formula is C29H40N4O6. The molecule has 2 unspecified atom stereocenters. The normalized spacial score (nSPS) is 12.7. The average molecular weight is 541 g/mol. The third kappa shape index (κ3) is 9.31. The summed E-state index contributed by atoms with van der Waals surface area (Å²) in [5, 5.41) is 15.3. The van der Waals surface area contributed by atoms with Crippen molar-refractivity contribution in [3.05, 3.63) is 59.2 Å². The number of aromatic hydroxyl groups is 1. The van der Waals surface area contributed by atoms with E-state index in [0.29, 0.717) is 24.1 Å². The minimum Gasteiger partial charge on any atom is -0.508 e. The lowest BCUT2D eigenvalue weighted by molar-refractivity contribution is -0.142. The predicted molar refractivity (Wildman–Crippen MR) is 149 cm³/mol. The zero-order chi connectivity index (χ0) is 29.3. The molecule has 10 heteroatoms. The van der Waals surface area contributed by atoms with Crippen LogP contribution in [0.15, 0.2) is 42.5 Å². The first-order valence-electron chi connectivity index (χ1n) is 13.0. The molecule has 10 nitrogen and oxygen atoms in total. The molecule has 2 aromatic carbocycles. The van der Waals surface area contributed by atoms with Crippen LogP contribution < -0.4 is 16.4 Å². The zero-order valence-corrected chi connectivity index (χ0v) is 23.5. The highest BCUT2D eigenvalue weighted by Crippen LogP contribution is 2.28. The zero-order valence-electron chi connectivity index (χ0n) is 23.5. The molecule has 5 N–H and O–H groups in total. The van der Waals surface area contributed by atoms with Crippen molar-refractivity contribution in [2.24, 2.45) is 5.73 Å². The molecule has 0 heterocycles. The summed E-state index contributed by atoms with van der Waals surface area (Å²) in [7, 11) is 0. The number of nitrogens with one attached hydrogen (secondary N) is 2. The van der Waals surface area contributed by atoms with Crippen LogP contribution in [0.5, 0.6) is 5.75 Å². The Bertz CT molecular complexity index is 1150. The topological polar surface area (TPSA) is 151 Å². The van der Waals surface area contributed by atoms with Gasteiger partial charge in [-0.15, -0.1) is 0 Å². The van der Waals surface area contributed by atoms with Crippen LogP contribution in [0.3, 0.4) is 0 Å². The Balaban J connectivity index is 2.56. The number of ether oxygens (including phenoxy) is 1. The fourth-order valence-electron chi connectivity index (χ4n) is 4.08. The summed E-state index contributed by atoms with van der Waals surface area (Å²) in [4.78, 5) is 53.7. The number of phenols is 1. The van der Waals surface area contributed by atoms with E-state index in [-0.39, 0.29) is 12.3 Å². The van der Waals surface area contributed by atoms with Crippen molar-refractivity contribution in [3.63, 3.8) is 0 Å². The second kappa shape index (κ2) is 13.6. The van der Waals surface area contributed by atoms with E-state index in [1.165, 1.54) is 17.0 Å². The van der Waals surface area contributed by atoms with Crippen molar-refractivity contribution in [3.8, 4) is 5.75 Å². The van der Waals surface area contributed by atoms with E-state index < -0.39 is 47.9 Å². The molecule has 0 aliphatic heterocycles. The Morgan fingerprint density at radius 1 is 1.03 bits per heavy atom. The smallest absolute Gasteiger partial charge is 0.408 e. The van der Waals surface area contributed by atoms with E-state index in [1.54, 1.807) is 32.9 Å². The van der Waals surface area contributed by atoms with Gasteiger partial charge < -0.3 is 31.1 Å². The monoisotopic (exact) mass is 540 g/mol. The van der Waals surface area contributed by atoms with Crippen molar-refractivity contribution in [1.82, 2.24) is 10.2 Å². The summed E-state index contributed by atoms with van der Waals surface area (Å²) < 4.78 is 5.29. The molecule has 0 spiro atoms. The molecule has 0 bridgehead atoms. The third-order valence-electron chi connectivity index (χ3n) is 5.93. The van der Waals surface area contributed by atoms with Crippen LogP contribution in [0.4, 0.5) is 10.5 Å². The summed E-state index contributed by atoms with van der Waals surface area (Å²) in [5.41, 5.74) is 7.33. The maximum atomic E-state index is 14.0. The van der Waals surface area contributed by atoms with Gasteiger partial charge in [-0.3, -0.25) is 14.4 Å². The number of hydrogen-bond donors (Lipinski definition) is 4. The summed E-state index contributed by atoms with van der Waals surface area (Å²) in [6.45, 7) is 10.8. The van der Waals surface area contributed by atoms with Gasteiger partial charge in [0.05, 0.1) is 6.42 Å². The number of rotatable bonds is 11. The van der Waals surface area contributed by atoms with Crippen molar-refractivity contribution in [2.75, 3.05) is 11.9 Å². The first-order valence-corrected chi connectivity index (χ1v) is 13.0. The number of amides is 4. The molecule has 2 aromatic rings. The van der Waals surface area contributed by atoms with Crippen molar-refractivity contribution >= 4 is 29.5 Å². The lowest BCUT2D eigenvalue weighted by atomic mass is 10.0. The number of aryl methyl sites for hydroxylation is 2. The van der Waals surface area contributed by atoms with Gasteiger partial charge in [-0.25, -0.2) is 4.79 Å². The average Bonchev–Trinajstić information content (AvgIpc) is 2.82. The van der Waals surface area contributed by atoms with E-state index in [1.807, 2.05) is 39.0 Å². The number of carbonyl (C=O) groups excluding carboxylic acids is 4. The van der Waals surface area contributed by atoms with Gasteiger partial charge in [-0.1, -0.05) is 43.7 Å². The summed E-state index contributed by atoms with van der Waals surface area (Å²) >= 11 is 0. The fourth-order valence-corrected chi connectivity index (χ4v) is 4.08. The van der Waals surface area contributed by atoms with Gasteiger partial charge in [-0.05, 0) is 69.9 Å². The van der Waals surface area contributed by atoms with E-state index in [9.17, 15) is 24.3 Å². The number of para-hydroxylation sites is 1. The number of alkyl carbamates (subject to hydrolysis) is 1. The second-order valence-electron chi connectivity index (χ2n) is 10.5. The highest BCUT2D eigenvalue weighted by atomic mass is 16.6. The van der Waals surface area contributed by atoms with E-state index in [2.05, 4.69) is 10.6 Å². The molecule has 0 aliphatic carbocycles. The molecule has 39 heavy (non-hydrogen) atoms. The number of benzene rings is 2. The number of anilines is 1. The minimum absolute atomic E-state index is 0.00251. The molecule has 0 saturated heterocycles. The number of hydrogen-bond acceptors (Lipinski definition) is 6. The second-order valence-corrected chi connectivity index (χ2v) is 10.5. The molecular weight excluding hydrogens is 500 g/mol. The molecule has 0 aliphatic rings. The van der Waals surface area contributed by atoms with Gasteiger partial charge in [-0.2, -0.15) is 0 Å². The number of unbranched alkanes of at least 4 members (excludes halogenated alkanes) is 1. The lowest BCUT2D eigenvalue weighted by Gasteiger charge is -2.34. The Labute approximate surface area is 229 Å². The predicted octanol–water partition coefficient (Wildman–Crippen LogP) is 4.09. The van der Waals surface area contributed by atoms with Crippen LogP contribution in [0.1, 0.15) is 69.7 Å². The summed E-state index contributed by atoms with van der Waals surface area (Å²) in [6.07, 6.45) is -0.113. The van der Waals surface area contributed by atoms with E-state index >= 15 is 0 Å². The molecule has 2 rings (SSSR count). The standard InChI is InChI=1S/C29H40N4O6/c1-7-8-16-33(27(37)22(17-23(30)35)31-28(38)39-29(4,5)6)25(20-12-14-21(34)15-13-20)26(36)32-24-18(2)10-9-11-19(24)3/h9-15,22,25,34H,7-8,16-17H2,1-6H3,(H2,30,35)(H,31,38)(H,32,36). The number of primary amides is 1. The van der Waals surface area contributed by atoms with Crippen LogP contribution in [0, 0.1) is 13.8 Å². The Morgan fingerprint density at radius 2 is 1.62 bits per heavy atom. The van der Waals surface area contributed by atoms with E-state index in [0.717, 1.165) is 11.1 Å². The van der Waals surface area contributed by atoms with Gasteiger partial charge in [0, 0.05) is 12.2 Å². The maximum absolute atomic E-state index is 14.0. The van der Waals surface area contributed by atoms with Crippen LogP contribution in [-0.4, -0.2) is 52.0 Å². The fraction of sp³-hybridized carbons (Fsp3) is 0.448.